The van der Waals surface area contributed by atoms with E-state index in [1.807, 2.05) is 42.2 Å². The largest absolute Gasteiger partial charge is 0.497 e. The maximum absolute atomic E-state index is 13.1. The Bertz CT molecular complexity index is 1580. The Balaban J connectivity index is 1.27. The molecule has 1 saturated heterocycles. The third kappa shape index (κ3) is 4.29. The van der Waals surface area contributed by atoms with Crippen molar-refractivity contribution in [1.29, 1.82) is 0 Å². The molecule has 2 aromatic carbocycles. The number of amides is 1. The van der Waals surface area contributed by atoms with E-state index in [-0.39, 0.29) is 18.2 Å². The van der Waals surface area contributed by atoms with Crippen molar-refractivity contribution in [1.82, 2.24) is 4.90 Å². The van der Waals surface area contributed by atoms with Crippen molar-refractivity contribution in [2.45, 2.75) is 57.5 Å². The van der Waals surface area contributed by atoms with E-state index in [4.69, 9.17) is 13.6 Å². The smallest absolute Gasteiger partial charge is 0.339 e. The van der Waals surface area contributed by atoms with Gasteiger partial charge < -0.3 is 23.6 Å². The van der Waals surface area contributed by atoms with Gasteiger partial charge in [0.2, 0.25) is 5.91 Å². The van der Waals surface area contributed by atoms with E-state index in [1.165, 1.54) is 0 Å². The fraction of sp³-hybridized carbons (Fsp3) is 0.419. The summed E-state index contributed by atoms with van der Waals surface area (Å²) in [6.45, 7) is 3.09. The zero-order valence-corrected chi connectivity index (χ0v) is 21.9. The molecule has 2 unspecified atom stereocenters. The van der Waals surface area contributed by atoms with Crippen LogP contribution in [-0.2, 0) is 11.2 Å². The van der Waals surface area contributed by atoms with E-state index in [1.54, 1.807) is 19.4 Å². The number of nitrogens with zero attached hydrogens (tertiary/aromatic N) is 1. The predicted octanol–water partition coefficient (Wildman–Crippen LogP) is 5.61. The maximum Gasteiger partial charge on any atom is 0.339 e. The highest BCUT2D eigenvalue weighted by Gasteiger charge is 2.43. The number of furan rings is 1. The Morgan fingerprint density at radius 3 is 2.87 bits per heavy atom. The lowest BCUT2D eigenvalue weighted by molar-refractivity contribution is -0.143. The van der Waals surface area contributed by atoms with Crippen LogP contribution in [0.4, 0.5) is 0 Å². The van der Waals surface area contributed by atoms with Crippen LogP contribution >= 0.6 is 0 Å². The standard InChI is InChI=1S/C31H33NO6/c1-19-23(9-10-29(33)32-13-12-31(35)11-4-3-7-21(31)17-32)30(34)38-28-16-27-25(15-24(19)28)26(18-37-27)20-6-5-8-22(14-20)36-2/h5-6,8,14-16,18,21,35H,3-4,7,9-13,17H2,1-2H3. The fourth-order valence-corrected chi connectivity index (χ4v) is 6.40. The number of methoxy groups -OCH3 is 1. The van der Waals surface area contributed by atoms with E-state index >= 15 is 0 Å². The van der Waals surface area contributed by atoms with E-state index in [9.17, 15) is 14.7 Å². The summed E-state index contributed by atoms with van der Waals surface area (Å²) in [6.07, 6.45) is 6.87. The molecular formula is C31H33NO6. The Hall–Kier alpha value is -3.58. The summed E-state index contributed by atoms with van der Waals surface area (Å²) in [5.74, 6) is 0.938. The highest BCUT2D eigenvalue weighted by molar-refractivity contribution is 6.02. The molecule has 1 aliphatic heterocycles. The Morgan fingerprint density at radius 2 is 2.03 bits per heavy atom. The number of hydrogen-bond acceptors (Lipinski definition) is 6. The van der Waals surface area contributed by atoms with Gasteiger partial charge in [-0.05, 0) is 61.9 Å². The predicted molar refractivity (Wildman–Crippen MR) is 145 cm³/mol. The van der Waals surface area contributed by atoms with Crippen molar-refractivity contribution in [3.63, 3.8) is 0 Å². The molecule has 2 aromatic heterocycles. The van der Waals surface area contributed by atoms with Crippen LogP contribution in [0.5, 0.6) is 5.75 Å². The van der Waals surface area contributed by atoms with Crippen molar-refractivity contribution < 1.29 is 23.5 Å². The summed E-state index contributed by atoms with van der Waals surface area (Å²) in [5, 5.41) is 12.7. The van der Waals surface area contributed by atoms with Crippen molar-refractivity contribution >= 4 is 27.8 Å². The highest BCUT2D eigenvalue weighted by Crippen LogP contribution is 2.40. The van der Waals surface area contributed by atoms with Crippen molar-refractivity contribution in [2.75, 3.05) is 20.2 Å². The molecule has 2 aliphatic rings. The second-order valence-electron chi connectivity index (χ2n) is 10.9. The molecule has 1 amide bonds. The van der Waals surface area contributed by atoms with Crippen LogP contribution in [0.3, 0.4) is 0 Å². The number of hydrogen-bond donors (Lipinski definition) is 1. The Kier molecular flexibility index (Phi) is 6.26. The minimum atomic E-state index is -0.618. The number of piperidine rings is 1. The third-order valence-corrected chi connectivity index (χ3v) is 8.73. The second kappa shape index (κ2) is 9.62. The van der Waals surface area contributed by atoms with Crippen LogP contribution in [-0.4, -0.2) is 41.7 Å². The van der Waals surface area contributed by atoms with E-state index in [2.05, 4.69) is 0 Å². The van der Waals surface area contributed by atoms with Gasteiger partial charge in [0.25, 0.3) is 0 Å². The van der Waals surface area contributed by atoms with Crippen LogP contribution in [0.15, 0.2) is 56.3 Å². The summed E-state index contributed by atoms with van der Waals surface area (Å²) in [4.78, 5) is 27.9. The first kappa shape index (κ1) is 24.7. The maximum atomic E-state index is 13.1. The van der Waals surface area contributed by atoms with Gasteiger partial charge in [0.1, 0.15) is 16.9 Å². The first-order chi connectivity index (χ1) is 18.4. The third-order valence-electron chi connectivity index (χ3n) is 8.73. The topological polar surface area (TPSA) is 93.1 Å². The molecule has 7 nitrogen and oxygen atoms in total. The average molecular weight is 516 g/mol. The molecule has 38 heavy (non-hydrogen) atoms. The Morgan fingerprint density at radius 1 is 1.16 bits per heavy atom. The van der Waals surface area contributed by atoms with Crippen LogP contribution < -0.4 is 10.4 Å². The minimum Gasteiger partial charge on any atom is -0.497 e. The lowest BCUT2D eigenvalue weighted by Gasteiger charge is -2.47. The fourth-order valence-electron chi connectivity index (χ4n) is 6.40. The summed E-state index contributed by atoms with van der Waals surface area (Å²) in [5.41, 5.74) is 3.31. The number of likely N-dealkylation sites (tertiary alicyclic amines) is 1. The van der Waals surface area contributed by atoms with Crippen LogP contribution in [0, 0.1) is 12.8 Å². The van der Waals surface area contributed by atoms with Crippen molar-refractivity contribution in [3.8, 4) is 16.9 Å². The SMILES string of the molecule is COc1cccc(-c2coc3cc4oc(=O)c(CCC(=O)N5CCC6(O)CCCCC6C5)c(C)c4cc23)c1. The quantitative estimate of drug-likeness (QED) is 0.347. The van der Waals surface area contributed by atoms with Crippen LogP contribution in [0.2, 0.25) is 0 Å². The number of aliphatic hydroxyl groups is 1. The minimum absolute atomic E-state index is 0.0297. The van der Waals surface area contributed by atoms with Crippen LogP contribution in [0.1, 0.15) is 49.7 Å². The Labute approximate surface area is 221 Å². The molecule has 1 saturated carbocycles. The first-order valence-electron chi connectivity index (χ1n) is 13.5. The van der Waals surface area contributed by atoms with Crippen LogP contribution in [0.25, 0.3) is 33.1 Å². The molecule has 4 aromatic rings. The van der Waals surface area contributed by atoms with Crippen molar-refractivity contribution in [2.24, 2.45) is 5.92 Å². The number of carbonyl (C=O) groups is 1. The van der Waals surface area contributed by atoms with E-state index in [0.717, 1.165) is 58.9 Å². The van der Waals surface area contributed by atoms with E-state index in [0.29, 0.717) is 42.7 Å². The molecule has 3 heterocycles. The van der Waals surface area contributed by atoms with Gasteiger partial charge in [0, 0.05) is 53.4 Å². The number of ether oxygens (including phenoxy) is 1. The van der Waals surface area contributed by atoms with Crippen molar-refractivity contribution in [3.05, 3.63) is 64.2 Å². The van der Waals surface area contributed by atoms with Gasteiger partial charge in [0.15, 0.2) is 0 Å². The molecule has 0 spiro atoms. The molecule has 198 valence electrons. The highest BCUT2D eigenvalue weighted by atomic mass is 16.5. The summed E-state index contributed by atoms with van der Waals surface area (Å²) < 4.78 is 16.9. The molecule has 6 rings (SSSR count). The zero-order chi connectivity index (χ0) is 26.4. The molecular weight excluding hydrogens is 482 g/mol. The van der Waals surface area contributed by atoms with Gasteiger partial charge in [0.05, 0.1) is 19.0 Å². The van der Waals surface area contributed by atoms with Gasteiger partial charge in [-0.1, -0.05) is 25.0 Å². The molecule has 7 heteroatoms. The normalized spacial score (nSPS) is 21.6. The first-order valence-corrected chi connectivity index (χ1v) is 13.5. The average Bonchev–Trinajstić information content (AvgIpc) is 3.34. The van der Waals surface area contributed by atoms with E-state index < -0.39 is 11.2 Å². The molecule has 2 fully saturated rings. The number of fused-ring (bicyclic) bond motifs is 3. The number of carbonyl (C=O) groups excluding carboxylic acids is 1. The molecule has 0 bridgehead atoms. The number of rotatable bonds is 5. The molecule has 1 aliphatic carbocycles. The summed E-state index contributed by atoms with van der Waals surface area (Å²) in [6, 6.07) is 11.5. The van der Waals surface area contributed by atoms with Gasteiger partial charge in [-0.2, -0.15) is 0 Å². The second-order valence-corrected chi connectivity index (χ2v) is 10.9. The number of aryl methyl sites for hydroxylation is 1. The van der Waals surface area contributed by atoms with Gasteiger partial charge in [-0.25, -0.2) is 4.79 Å². The lowest BCUT2D eigenvalue weighted by atomic mass is 9.71. The molecule has 2 atom stereocenters. The summed E-state index contributed by atoms with van der Waals surface area (Å²) >= 11 is 0. The van der Waals surface area contributed by atoms with Gasteiger partial charge in [-0.15, -0.1) is 0 Å². The lowest BCUT2D eigenvalue weighted by Crippen LogP contribution is -2.54. The van der Waals surface area contributed by atoms with Gasteiger partial charge >= 0.3 is 5.63 Å². The van der Waals surface area contributed by atoms with Gasteiger partial charge in [-0.3, -0.25) is 4.79 Å². The number of benzene rings is 2. The zero-order valence-electron chi connectivity index (χ0n) is 21.9. The molecule has 0 radical (unpaired) electrons. The summed E-state index contributed by atoms with van der Waals surface area (Å²) in [7, 11) is 1.64. The molecule has 1 N–H and O–H groups in total. The monoisotopic (exact) mass is 515 g/mol.